The molecule has 1 aromatic rings. The predicted octanol–water partition coefficient (Wildman–Crippen LogP) is 1.86. The molecular weight excluding hydrogens is 266 g/mol. The molecule has 0 saturated carbocycles. The van der Waals surface area contributed by atoms with Gasteiger partial charge in [0.15, 0.2) is 5.03 Å². The molecule has 7 nitrogen and oxygen atoms in total. The minimum absolute atomic E-state index is 0.0363. The number of hydrogen-bond donors (Lipinski definition) is 1. The van der Waals surface area contributed by atoms with Gasteiger partial charge in [-0.25, -0.2) is 4.98 Å². The first-order valence-corrected chi connectivity index (χ1v) is 7.06. The van der Waals surface area contributed by atoms with Crippen LogP contribution >= 0.6 is 11.8 Å². The van der Waals surface area contributed by atoms with Crippen molar-refractivity contribution in [3.63, 3.8) is 0 Å². The molecule has 106 valence electrons. The molecule has 0 amide bonds. The van der Waals surface area contributed by atoms with E-state index in [-0.39, 0.29) is 5.69 Å². The number of thioether (sulfide) groups is 1. The third-order valence-electron chi connectivity index (χ3n) is 2.24. The molecule has 0 spiro atoms. The number of anilines is 1. The van der Waals surface area contributed by atoms with Crippen LogP contribution in [0.2, 0.25) is 0 Å². The first-order chi connectivity index (χ1) is 9.04. The minimum atomic E-state index is -0.443. The predicted molar refractivity (Wildman–Crippen MR) is 76.7 cm³/mol. The number of aromatic nitrogens is 2. The quantitative estimate of drug-likeness (QED) is 0.338. The molecule has 8 heteroatoms. The fourth-order valence-corrected chi connectivity index (χ4v) is 2.31. The number of nitro groups is 1. The van der Waals surface area contributed by atoms with Crippen LogP contribution in [0.5, 0.6) is 0 Å². The van der Waals surface area contributed by atoms with Gasteiger partial charge in [0, 0.05) is 18.8 Å². The smallest absolute Gasteiger partial charge is 0.319 e. The summed E-state index contributed by atoms with van der Waals surface area (Å²) >= 11 is 1.38. The molecule has 0 aliphatic rings. The number of rotatable bonds is 8. The maximum atomic E-state index is 10.9. The molecule has 0 aromatic carbocycles. The molecular formula is C11H19N5O2S. The summed E-state index contributed by atoms with van der Waals surface area (Å²) in [4.78, 5) is 20.7. The molecule has 1 heterocycles. The lowest BCUT2D eigenvalue weighted by Gasteiger charge is -2.09. The molecule has 0 atom stereocenters. The zero-order chi connectivity index (χ0) is 14.3. The lowest BCUT2D eigenvalue weighted by Crippen LogP contribution is -2.15. The van der Waals surface area contributed by atoms with Gasteiger partial charge in [-0.2, -0.15) is 4.98 Å². The number of nitrogens with zero attached hydrogens (tertiary/aromatic N) is 4. The largest absolute Gasteiger partial charge is 0.354 e. The second-order valence-corrected chi connectivity index (χ2v) is 5.30. The Kier molecular flexibility index (Phi) is 6.51. The minimum Gasteiger partial charge on any atom is -0.354 e. The molecule has 0 unspecified atom stereocenters. The second-order valence-electron chi connectivity index (χ2n) is 4.22. The summed E-state index contributed by atoms with van der Waals surface area (Å²) in [6.07, 6.45) is 2.21. The van der Waals surface area contributed by atoms with Gasteiger partial charge in [-0.3, -0.25) is 10.1 Å². The molecule has 0 aliphatic carbocycles. The highest BCUT2D eigenvalue weighted by atomic mass is 32.2. The van der Waals surface area contributed by atoms with Gasteiger partial charge in [-0.1, -0.05) is 18.7 Å². The van der Waals surface area contributed by atoms with Crippen LogP contribution < -0.4 is 5.32 Å². The molecule has 0 radical (unpaired) electrons. The zero-order valence-corrected chi connectivity index (χ0v) is 12.2. The van der Waals surface area contributed by atoms with Crippen molar-refractivity contribution >= 4 is 23.4 Å². The van der Waals surface area contributed by atoms with Gasteiger partial charge in [0.05, 0.1) is 4.92 Å². The van der Waals surface area contributed by atoms with Gasteiger partial charge in [-0.05, 0) is 20.5 Å². The molecule has 19 heavy (non-hydrogen) atoms. The van der Waals surface area contributed by atoms with Crippen molar-refractivity contribution in [1.82, 2.24) is 14.9 Å². The van der Waals surface area contributed by atoms with E-state index in [9.17, 15) is 10.1 Å². The number of nitrogens with one attached hydrogen (secondary N) is 1. The van der Waals surface area contributed by atoms with Gasteiger partial charge >= 0.3 is 5.69 Å². The summed E-state index contributed by atoms with van der Waals surface area (Å²) in [5.74, 6) is 1.19. The average molecular weight is 285 g/mol. The van der Waals surface area contributed by atoms with E-state index in [0.717, 1.165) is 25.3 Å². The Morgan fingerprint density at radius 3 is 2.84 bits per heavy atom. The van der Waals surface area contributed by atoms with Crippen LogP contribution in [0.15, 0.2) is 11.2 Å². The fraction of sp³-hybridized carbons (Fsp3) is 0.636. The summed E-state index contributed by atoms with van der Waals surface area (Å²) in [7, 11) is 3.92. The van der Waals surface area contributed by atoms with Crippen LogP contribution in [-0.4, -0.2) is 52.7 Å². The third kappa shape index (κ3) is 5.39. The van der Waals surface area contributed by atoms with Gasteiger partial charge in [-0.15, -0.1) is 0 Å². The first-order valence-electron chi connectivity index (χ1n) is 6.07. The SMILES string of the molecule is CCCNc1ncc([N+](=O)[O-])c(SCCN(C)C)n1. The van der Waals surface area contributed by atoms with E-state index in [1.807, 2.05) is 25.9 Å². The van der Waals surface area contributed by atoms with Crippen LogP contribution in [0.4, 0.5) is 11.6 Å². The maximum Gasteiger partial charge on any atom is 0.319 e. The lowest BCUT2D eigenvalue weighted by atomic mass is 10.5. The van der Waals surface area contributed by atoms with E-state index in [1.54, 1.807) is 0 Å². The standard InChI is InChI=1S/C11H19N5O2S/c1-4-5-12-11-13-8-9(16(17)18)10(14-11)19-7-6-15(2)3/h8H,4-7H2,1-3H3,(H,12,13,14). The highest BCUT2D eigenvalue weighted by Crippen LogP contribution is 2.27. The maximum absolute atomic E-state index is 10.9. The first kappa shape index (κ1) is 15.6. The van der Waals surface area contributed by atoms with E-state index < -0.39 is 4.92 Å². The Morgan fingerprint density at radius 1 is 1.53 bits per heavy atom. The molecule has 1 rings (SSSR count). The van der Waals surface area contributed by atoms with E-state index >= 15 is 0 Å². The molecule has 0 fully saturated rings. The van der Waals surface area contributed by atoms with Crippen molar-refractivity contribution in [2.24, 2.45) is 0 Å². The summed E-state index contributed by atoms with van der Waals surface area (Å²) in [6.45, 7) is 3.62. The van der Waals surface area contributed by atoms with Crippen molar-refractivity contribution in [3.05, 3.63) is 16.3 Å². The van der Waals surface area contributed by atoms with E-state index in [2.05, 4.69) is 15.3 Å². The second kappa shape index (κ2) is 7.90. The Hall–Kier alpha value is -1.41. The van der Waals surface area contributed by atoms with E-state index in [4.69, 9.17) is 0 Å². The van der Waals surface area contributed by atoms with Crippen molar-refractivity contribution in [2.45, 2.75) is 18.4 Å². The van der Waals surface area contributed by atoms with E-state index in [0.29, 0.717) is 11.0 Å². The van der Waals surface area contributed by atoms with E-state index in [1.165, 1.54) is 18.0 Å². The molecule has 1 aromatic heterocycles. The van der Waals surface area contributed by atoms with Crippen LogP contribution in [0, 0.1) is 10.1 Å². The summed E-state index contributed by atoms with van der Waals surface area (Å²) in [5.41, 5.74) is -0.0363. The normalized spacial score (nSPS) is 10.7. The Morgan fingerprint density at radius 2 is 2.26 bits per heavy atom. The van der Waals surface area contributed by atoms with Crippen molar-refractivity contribution in [2.75, 3.05) is 38.3 Å². The molecule has 0 aliphatic heterocycles. The van der Waals surface area contributed by atoms with Crippen molar-refractivity contribution in [3.8, 4) is 0 Å². The Balaban J connectivity index is 2.79. The van der Waals surface area contributed by atoms with Crippen LogP contribution in [0.25, 0.3) is 0 Å². The highest BCUT2D eigenvalue weighted by Gasteiger charge is 2.17. The van der Waals surface area contributed by atoms with Crippen molar-refractivity contribution < 1.29 is 4.92 Å². The highest BCUT2D eigenvalue weighted by molar-refractivity contribution is 7.99. The van der Waals surface area contributed by atoms with Gasteiger partial charge < -0.3 is 10.2 Å². The summed E-state index contributed by atoms with van der Waals surface area (Å²) in [6, 6.07) is 0. The van der Waals surface area contributed by atoms with Crippen molar-refractivity contribution in [1.29, 1.82) is 0 Å². The van der Waals surface area contributed by atoms with Crippen LogP contribution in [0.1, 0.15) is 13.3 Å². The Labute approximate surface area is 117 Å². The summed E-state index contributed by atoms with van der Waals surface area (Å²) < 4.78 is 0. The van der Waals surface area contributed by atoms with Gasteiger partial charge in [0.25, 0.3) is 0 Å². The average Bonchev–Trinajstić information content (AvgIpc) is 2.35. The topological polar surface area (TPSA) is 84.2 Å². The molecule has 0 bridgehead atoms. The number of hydrogen-bond acceptors (Lipinski definition) is 7. The summed E-state index contributed by atoms with van der Waals surface area (Å²) in [5, 5.41) is 14.4. The Bertz CT molecular complexity index is 428. The molecule has 0 saturated heterocycles. The lowest BCUT2D eigenvalue weighted by molar-refractivity contribution is -0.388. The fourth-order valence-electron chi connectivity index (χ4n) is 1.24. The zero-order valence-electron chi connectivity index (χ0n) is 11.4. The van der Waals surface area contributed by atoms with Gasteiger partial charge in [0.1, 0.15) is 6.20 Å². The van der Waals surface area contributed by atoms with Crippen LogP contribution in [0.3, 0.4) is 0 Å². The molecule has 1 N–H and O–H groups in total. The monoisotopic (exact) mass is 285 g/mol. The van der Waals surface area contributed by atoms with Crippen LogP contribution in [-0.2, 0) is 0 Å². The third-order valence-corrected chi connectivity index (χ3v) is 3.20. The van der Waals surface area contributed by atoms with Gasteiger partial charge in [0.2, 0.25) is 5.95 Å².